The van der Waals surface area contributed by atoms with Crippen molar-refractivity contribution in [3.8, 4) is 0 Å². The zero-order chi connectivity index (χ0) is 8.10. The fraction of sp³-hybridized carbons (Fsp3) is 0.714. The topological polar surface area (TPSA) is 51.8 Å². The summed E-state index contributed by atoms with van der Waals surface area (Å²) in [6, 6.07) is 0.0914. The summed E-state index contributed by atoms with van der Waals surface area (Å²) in [5, 5.41) is 0. The van der Waals surface area contributed by atoms with Gasteiger partial charge in [-0.2, -0.15) is 8.75 Å². The van der Waals surface area contributed by atoms with Crippen molar-refractivity contribution in [2.24, 2.45) is 5.73 Å². The van der Waals surface area contributed by atoms with Crippen LogP contribution in [0.3, 0.4) is 0 Å². The molecule has 1 heterocycles. The van der Waals surface area contributed by atoms with Gasteiger partial charge in [0.15, 0.2) is 0 Å². The summed E-state index contributed by atoms with van der Waals surface area (Å²) in [6.07, 6.45) is 5.12. The van der Waals surface area contributed by atoms with E-state index in [1.165, 1.54) is 24.6 Å². The van der Waals surface area contributed by atoms with Crippen LogP contribution in [0.5, 0.6) is 0 Å². The van der Waals surface area contributed by atoms with Crippen LogP contribution in [-0.4, -0.2) is 8.75 Å². The van der Waals surface area contributed by atoms with Crippen LogP contribution in [0, 0.1) is 0 Å². The molecule has 1 rings (SSSR count). The zero-order valence-electron chi connectivity index (χ0n) is 6.66. The molecule has 0 aliphatic rings. The number of hydrogen-bond donors (Lipinski definition) is 1. The van der Waals surface area contributed by atoms with Crippen molar-refractivity contribution in [2.45, 2.75) is 32.2 Å². The maximum absolute atomic E-state index is 5.83. The van der Waals surface area contributed by atoms with E-state index in [0.29, 0.717) is 0 Å². The third-order valence-corrected chi connectivity index (χ3v) is 2.12. The first-order valence-electron chi connectivity index (χ1n) is 3.87. The summed E-state index contributed by atoms with van der Waals surface area (Å²) in [5.41, 5.74) is 6.76. The van der Waals surface area contributed by atoms with Crippen LogP contribution in [0.2, 0.25) is 0 Å². The minimum absolute atomic E-state index is 0.0914. The average molecular weight is 171 g/mol. The van der Waals surface area contributed by atoms with Gasteiger partial charge in [0.1, 0.15) is 0 Å². The Morgan fingerprint density at radius 3 is 3.09 bits per heavy atom. The van der Waals surface area contributed by atoms with Crippen LogP contribution in [-0.2, 0) is 0 Å². The molecule has 0 saturated carbocycles. The molecule has 1 atom stereocenters. The molecule has 0 radical (unpaired) electrons. The summed E-state index contributed by atoms with van der Waals surface area (Å²) >= 11 is 1.22. The highest BCUT2D eigenvalue weighted by molar-refractivity contribution is 6.99. The first-order chi connectivity index (χ1) is 5.34. The fourth-order valence-corrected chi connectivity index (χ4v) is 1.39. The van der Waals surface area contributed by atoms with E-state index in [2.05, 4.69) is 15.7 Å². The van der Waals surface area contributed by atoms with E-state index >= 15 is 0 Å². The van der Waals surface area contributed by atoms with Gasteiger partial charge in [0, 0.05) is 6.04 Å². The standard InChI is InChI=1S/C7H13N3S/c1-2-3-4-6(8)7-5-9-11-10-7/h5-6H,2-4,8H2,1H3. The molecule has 0 aliphatic heterocycles. The Bertz CT molecular complexity index is 186. The molecule has 1 aromatic rings. The van der Waals surface area contributed by atoms with Gasteiger partial charge in [-0.15, -0.1) is 0 Å². The number of nitrogens with two attached hydrogens (primary N) is 1. The van der Waals surface area contributed by atoms with Crippen molar-refractivity contribution in [3.05, 3.63) is 11.9 Å². The molecule has 0 amide bonds. The molecule has 0 spiro atoms. The third-order valence-electron chi connectivity index (χ3n) is 1.63. The monoisotopic (exact) mass is 171 g/mol. The van der Waals surface area contributed by atoms with Crippen LogP contribution < -0.4 is 5.73 Å². The molecule has 11 heavy (non-hydrogen) atoms. The second-order valence-corrected chi connectivity index (χ2v) is 3.14. The van der Waals surface area contributed by atoms with Gasteiger partial charge in [0.2, 0.25) is 0 Å². The van der Waals surface area contributed by atoms with Crippen LogP contribution in [0.15, 0.2) is 6.20 Å². The largest absolute Gasteiger partial charge is 0.323 e. The Morgan fingerprint density at radius 2 is 2.55 bits per heavy atom. The molecule has 0 aliphatic carbocycles. The Morgan fingerprint density at radius 1 is 1.73 bits per heavy atom. The van der Waals surface area contributed by atoms with Crippen LogP contribution in [0.25, 0.3) is 0 Å². The summed E-state index contributed by atoms with van der Waals surface area (Å²) in [6.45, 7) is 2.16. The molecule has 2 N–H and O–H groups in total. The molecule has 0 saturated heterocycles. The summed E-state index contributed by atoms with van der Waals surface area (Å²) in [5.74, 6) is 0. The van der Waals surface area contributed by atoms with Crippen LogP contribution in [0.1, 0.15) is 37.9 Å². The van der Waals surface area contributed by atoms with E-state index in [4.69, 9.17) is 5.73 Å². The van der Waals surface area contributed by atoms with Gasteiger partial charge in [-0.3, -0.25) is 0 Å². The van der Waals surface area contributed by atoms with Crippen LogP contribution in [0.4, 0.5) is 0 Å². The summed E-state index contributed by atoms with van der Waals surface area (Å²) < 4.78 is 7.98. The number of hydrogen-bond acceptors (Lipinski definition) is 4. The van der Waals surface area contributed by atoms with Crippen molar-refractivity contribution in [1.29, 1.82) is 0 Å². The quantitative estimate of drug-likeness (QED) is 0.750. The van der Waals surface area contributed by atoms with Gasteiger partial charge in [-0.25, -0.2) is 0 Å². The lowest BCUT2D eigenvalue weighted by atomic mass is 10.1. The SMILES string of the molecule is CCCCC(N)c1cnsn1. The van der Waals surface area contributed by atoms with Gasteiger partial charge in [-0.05, 0) is 6.42 Å². The lowest BCUT2D eigenvalue weighted by molar-refractivity contribution is 0.594. The van der Waals surface area contributed by atoms with Crippen molar-refractivity contribution in [2.75, 3.05) is 0 Å². The lowest BCUT2D eigenvalue weighted by Crippen LogP contribution is -2.09. The normalized spacial score (nSPS) is 13.3. The second kappa shape index (κ2) is 4.41. The third kappa shape index (κ3) is 2.55. The maximum Gasteiger partial charge on any atom is 0.0910 e. The molecular formula is C7H13N3S. The van der Waals surface area contributed by atoms with Crippen molar-refractivity contribution in [1.82, 2.24) is 8.75 Å². The van der Waals surface area contributed by atoms with E-state index in [-0.39, 0.29) is 6.04 Å². The second-order valence-electron chi connectivity index (χ2n) is 2.58. The Balaban J connectivity index is 2.36. The zero-order valence-corrected chi connectivity index (χ0v) is 7.47. The number of aromatic nitrogens is 2. The van der Waals surface area contributed by atoms with Gasteiger partial charge < -0.3 is 5.73 Å². The fourth-order valence-electron chi connectivity index (χ4n) is 0.907. The molecule has 0 aromatic carbocycles. The molecule has 4 heteroatoms. The Kier molecular flexibility index (Phi) is 3.45. The van der Waals surface area contributed by atoms with Gasteiger partial charge in [0.25, 0.3) is 0 Å². The number of nitrogens with zero attached hydrogens (tertiary/aromatic N) is 2. The van der Waals surface area contributed by atoms with Gasteiger partial charge >= 0.3 is 0 Å². The summed E-state index contributed by atoms with van der Waals surface area (Å²) in [7, 11) is 0. The minimum Gasteiger partial charge on any atom is -0.323 e. The molecule has 0 bridgehead atoms. The average Bonchev–Trinajstić information content (AvgIpc) is 2.52. The predicted molar refractivity (Wildman–Crippen MR) is 46.4 cm³/mol. The highest BCUT2D eigenvalue weighted by atomic mass is 32.1. The molecule has 1 unspecified atom stereocenters. The van der Waals surface area contributed by atoms with E-state index in [1.54, 1.807) is 6.20 Å². The predicted octanol–water partition coefficient (Wildman–Crippen LogP) is 1.73. The van der Waals surface area contributed by atoms with E-state index in [0.717, 1.165) is 12.1 Å². The highest BCUT2D eigenvalue weighted by Crippen LogP contribution is 2.13. The first-order valence-corrected chi connectivity index (χ1v) is 4.60. The van der Waals surface area contributed by atoms with Crippen molar-refractivity contribution < 1.29 is 0 Å². The number of rotatable bonds is 4. The summed E-state index contributed by atoms with van der Waals surface area (Å²) in [4.78, 5) is 0. The molecule has 62 valence electrons. The Hall–Kier alpha value is -0.480. The maximum atomic E-state index is 5.83. The molecule has 3 nitrogen and oxygen atoms in total. The minimum atomic E-state index is 0.0914. The lowest BCUT2D eigenvalue weighted by Gasteiger charge is -2.05. The van der Waals surface area contributed by atoms with Crippen LogP contribution >= 0.6 is 11.7 Å². The van der Waals surface area contributed by atoms with E-state index in [9.17, 15) is 0 Å². The van der Waals surface area contributed by atoms with Crippen molar-refractivity contribution >= 4 is 11.7 Å². The van der Waals surface area contributed by atoms with Crippen molar-refractivity contribution in [3.63, 3.8) is 0 Å². The smallest absolute Gasteiger partial charge is 0.0910 e. The van der Waals surface area contributed by atoms with E-state index in [1.807, 2.05) is 0 Å². The van der Waals surface area contributed by atoms with Gasteiger partial charge in [0.05, 0.1) is 23.6 Å². The highest BCUT2D eigenvalue weighted by Gasteiger charge is 2.06. The molecular weight excluding hydrogens is 158 g/mol. The number of unbranched alkanes of at least 4 members (excludes halogenated alkanes) is 1. The Labute approximate surface area is 71.0 Å². The molecule has 1 aromatic heterocycles. The van der Waals surface area contributed by atoms with Gasteiger partial charge in [-0.1, -0.05) is 19.8 Å². The first kappa shape index (κ1) is 8.62. The van der Waals surface area contributed by atoms with E-state index < -0.39 is 0 Å². The molecule has 0 fully saturated rings.